The van der Waals surface area contributed by atoms with Crippen molar-refractivity contribution >= 4 is 22.7 Å². The summed E-state index contributed by atoms with van der Waals surface area (Å²) in [7, 11) is -0.772. The van der Waals surface area contributed by atoms with Gasteiger partial charge in [0.2, 0.25) is 5.91 Å². The Morgan fingerprint density at radius 2 is 2.06 bits per heavy atom. The molecule has 1 saturated heterocycles. The second-order valence-electron chi connectivity index (χ2n) is 3.86. The van der Waals surface area contributed by atoms with Crippen LogP contribution in [0.25, 0.3) is 0 Å². The second-order valence-corrected chi connectivity index (χ2v) is 5.56. The molecule has 1 rings (SSSR count). The van der Waals surface area contributed by atoms with Gasteiger partial charge in [-0.2, -0.15) is 0 Å². The monoisotopic (exact) mass is 262 g/mol. The highest BCUT2D eigenvalue weighted by Gasteiger charge is 2.27. The number of carbonyl (C=O) groups is 2. The van der Waals surface area contributed by atoms with E-state index in [-0.39, 0.29) is 12.6 Å². The van der Waals surface area contributed by atoms with E-state index in [1.807, 2.05) is 0 Å². The second kappa shape index (κ2) is 6.70. The summed E-state index contributed by atoms with van der Waals surface area (Å²) < 4.78 is 15.8. The Hall–Kier alpha value is -0.950. The van der Waals surface area contributed by atoms with Crippen molar-refractivity contribution in [3.63, 3.8) is 0 Å². The van der Waals surface area contributed by atoms with Crippen LogP contribution in [0.2, 0.25) is 0 Å². The molecule has 0 radical (unpaired) electrons. The van der Waals surface area contributed by atoms with Crippen molar-refractivity contribution < 1.29 is 18.5 Å². The third kappa shape index (κ3) is 4.43. The van der Waals surface area contributed by atoms with E-state index in [2.05, 4.69) is 10.1 Å². The third-order valence-corrected chi connectivity index (χ3v) is 3.94. The topological polar surface area (TPSA) is 98.5 Å². The summed E-state index contributed by atoms with van der Waals surface area (Å²) in [4.78, 5) is 22.8. The molecule has 1 heterocycles. The van der Waals surface area contributed by atoms with Crippen molar-refractivity contribution in [1.29, 1.82) is 0 Å². The van der Waals surface area contributed by atoms with Crippen molar-refractivity contribution in [3.05, 3.63) is 0 Å². The molecule has 0 aromatic carbocycles. The van der Waals surface area contributed by atoms with Crippen LogP contribution in [0.15, 0.2) is 0 Å². The van der Waals surface area contributed by atoms with E-state index in [0.717, 1.165) is 0 Å². The first-order valence-corrected chi connectivity index (χ1v) is 7.11. The van der Waals surface area contributed by atoms with Crippen LogP contribution in [-0.2, 0) is 25.1 Å². The van der Waals surface area contributed by atoms with Crippen LogP contribution in [0, 0.1) is 0 Å². The van der Waals surface area contributed by atoms with Crippen LogP contribution in [-0.4, -0.2) is 46.3 Å². The highest BCUT2D eigenvalue weighted by molar-refractivity contribution is 7.85. The highest BCUT2D eigenvalue weighted by Crippen LogP contribution is 2.09. The molecule has 7 heteroatoms. The van der Waals surface area contributed by atoms with E-state index in [4.69, 9.17) is 5.73 Å². The zero-order valence-corrected chi connectivity index (χ0v) is 10.6. The number of esters is 1. The van der Waals surface area contributed by atoms with Crippen LogP contribution in [0.3, 0.4) is 0 Å². The largest absolute Gasteiger partial charge is 0.464 e. The highest BCUT2D eigenvalue weighted by atomic mass is 32.2. The molecule has 17 heavy (non-hydrogen) atoms. The minimum atomic E-state index is -1.28. The predicted molar refractivity (Wildman–Crippen MR) is 63.6 cm³/mol. The maximum atomic E-state index is 11.6. The molecule has 1 aliphatic rings. The summed E-state index contributed by atoms with van der Waals surface area (Å²) >= 11 is 0. The van der Waals surface area contributed by atoms with Crippen molar-refractivity contribution in [1.82, 2.24) is 5.32 Å². The SMILES string of the molecule is CCOC(=O)C(N)C(=O)NC1CCS(=O)CC1. The van der Waals surface area contributed by atoms with E-state index in [0.29, 0.717) is 24.3 Å². The lowest BCUT2D eigenvalue weighted by atomic mass is 10.1. The molecule has 1 atom stereocenters. The summed E-state index contributed by atoms with van der Waals surface area (Å²) in [6.45, 7) is 1.85. The summed E-state index contributed by atoms with van der Waals surface area (Å²) in [5, 5.41) is 2.68. The summed E-state index contributed by atoms with van der Waals surface area (Å²) in [5.41, 5.74) is 5.44. The first kappa shape index (κ1) is 14.1. The molecule has 0 aliphatic carbocycles. The Labute approximate surface area is 103 Å². The Balaban J connectivity index is 2.38. The lowest BCUT2D eigenvalue weighted by Gasteiger charge is -2.23. The lowest BCUT2D eigenvalue weighted by molar-refractivity contribution is -0.148. The van der Waals surface area contributed by atoms with Gasteiger partial charge in [0, 0.05) is 28.3 Å². The van der Waals surface area contributed by atoms with E-state index in [1.165, 1.54) is 0 Å². The summed E-state index contributed by atoms with van der Waals surface area (Å²) in [6, 6.07) is -1.32. The normalized spacial score (nSPS) is 26.0. The molecule has 1 aliphatic heterocycles. The Morgan fingerprint density at radius 1 is 1.47 bits per heavy atom. The van der Waals surface area contributed by atoms with Gasteiger partial charge in [-0.05, 0) is 19.8 Å². The van der Waals surface area contributed by atoms with Crippen LogP contribution in [0.5, 0.6) is 0 Å². The Morgan fingerprint density at radius 3 is 2.59 bits per heavy atom. The molecule has 1 amide bonds. The first-order valence-electron chi connectivity index (χ1n) is 5.62. The Bertz CT molecular complexity index is 311. The summed E-state index contributed by atoms with van der Waals surface area (Å²) in [5.74, 6) is -0.0790. The van der Waals surface area contributed by atoms with Gasteiger partial charge in [0.15, 0.2) is 6.04 Å². The fourth-order valence-corrected chi connectivity index (χ4v) is 2.87. The molecule has 0 bridgehead atoms. The average molecular weight is 262 g/mol. The molecule has 3 N–H and O–H groups in total. The average Bonchev–Trinajstić information content (AvgIpc) is 2.31. The van der Waals surface area contributed by atoms with Gasteiger partial charge in [0.05, 0.1) is 6.61 Å². The lowest BCUT2D eigenvalue weighted by Crippen LogP contribution is -2.51. The van der Waals surface area contributed by atoms with E-state index < -0.39 is 28.7 Å². The fraction of sp³-hybridized carbons (Fsp3) is 0.800. The molecule has 0 spiro atoms. The number of amides is 1. The Kier molecular flexibility index (Phi) is 5.57. The maximum absolute atomic E-state index is 11.6. The van der Waals surface area contributed by atoms with Crippen molar-refractivity contribution in [2.75, 3.05) is 18.1 Å². The van der Waals surface area contributed by atoms with Crippen molar-refractivity contribution in [2.45, 2.75) is 31.8 Å². The van der Waals surface area contributed by atoms with E-state index in [9.17, 15) is 13.8 Å². The van der Waals surface area contributed by atoms with E-state index >= 15 is 0 Å². The number of ether oxygens (including phenoxy) is 1. The van der Waals surface area contributed by atoms with Gasteiger partial charge in [0.25, 0.3) is 0 Å². The van der Waals surface area contributed by atoms with Gasteiger partial charge in [-0.25, -0.2) is 4.79 Å². The third-order valence-electron chi connectivity index (χ3n) is 2.56. The number of hydrogen-bond acceptors (Lipinski definition) is 5. The quantitative estimate of drug-likeness (QED) is 0.495. The minimum Gasteiger partial charge on any atom is -0.464 e. The van der Waals surface area contributed by atoms with Gasteiger partial charge in [-0.3, -0.25) is 9.00 Å². The van der Waals surface area contributed by atoms with Crippen molar-refractivity contribution in [2.24, 2.45) is 5.73 Å². The molecule has 0 aromatic heterocycles. The van der Waals surface area contributed by atoms with Gasteiger partial charge in [-0.15, -0.1) is 0 Å². The van der Waals surface area contributed by atoms with Gasteiger partial charge in [-0.1, -0.05) is 0 Å². The maximum Gasteiger partial charge on any atom is 0.332 e. The zero-order valence-electron chi connectivity index (χ0n) is 9.81. The molecule has 1 fully saturated rings. The predicted octanol–water partition coefficient (Wildman–Crippen LogP) is -1.10. The van der Waals surface area contributed by atoms with Crippen molar-refractivity contribution in [3.8, 4) is 0 Å². The molecule has 6 nitrogen and oxygen atoms in total. The molecule has 0 aromatic rings. The first-order chi connectivity index (χ1) is 8.04. The minimum absolute atomic E-state index is 0.0410. The molecule has 1 unspecified atom stereocenters. The van der Waals surface area contributed by atoms with Gasteiger partial charge < -0.3 is 15.8 Å². The van der Waals surface area contributed by atoms with Crippen LogP contribution in [0.4, 0.5) is 0 Å². The molecule has 98 valence electrons. The molecular formula is C10H18N2O4S. The fourth-order valence-electron chi connectivity index (χ4n) is 1.57. The van der Waals surface area contributed by atoms with Crippen LogP contribution >= 0.6 is 0 Å². The number of carbonyl (C=O) groups excluding carboxylic acids is 2. The molecular weight excluding hydrogens is 244 g/mol. The number of nitrogens with two attached hydrogens (primary N) is 1. The molecule has 0 saturated carbocycles. The number of rotatable bonds is 4. The zero-order chi connectivity index (χ0) is 12.8. The van der Waals surface area contributed by atoms with Gasteiger partial charge >= 0.3 is 5.97 Å². The van der Waals surface area contributed by atoms with E-state index in [1.54, 1.807) is 6.92 Å². The smallest absolute Gasteiger partial charge is 0.332 e. The standard InChI is InChI=1S/C10H18N2O4S/c1-2-16-10(14)8(11)9(13)12-7-3-5-17(15)6-4-7/h7-8H,2-6,11H2,1H3,(H,12,13). The van der Waals surface area contributed by atoms with Crippen LogP contribution < -0.4 is 11.1 Å². The number of hydrogen-bond donors (Lipinski definition) is 2. The van der Waals surface area contributed by atoms with Gasteiger partial charge in [0.1, 0.15) is 0 Å². The summed E-state index contributed by atoms with van der Waals surface area (Å²) in [6.07, 6.45) is 1.32. The number of nitrogens with one attached hydrogen (secondary N) is 1. The van der Waals surface area contributed by atoms with Crippen LogP contribution in [0.1, 0.15) is 19.8 Å².